The molecule has 0 saturated carbocycles. The Morgan fingerprint density at radius 1 is 1.41 bits per heavy atom. The average Bonchev–Trinajstić information content (AvgIpc) is 3.25. The maximum Gasteiger partial charge on any atom is 0.404 e. The minimum atomic E-state index is -1.14. The van der Waals surface area contributed by atoms with E-state index >= 15 is 0 Å². The minimum absolute atomic E-state index is 0.131. The molecule has 1 fully saturated rings. The number of benzene rings is 1. The second-order valence-corrected chi connectivity index (χ2v) is 6.79. The van der Waals surface area contributed by atoms with Gasteiger partial charge in [-0.1, -0.05) is 0 Å². The number of rotatable bonds is 4. The number of nitro groups is 1. The molecule has 0 unspecified atom stereocenters. The Morgan fingerprint density at radius 2 is 2.21 bits per heavy atom. The van der Waals surface area contributed by atoms with Crippen molar-refractivity contribution in [2.45, 2.75) is 12.5 Å². The highest BCUT2D eigenvalue weighted by Crippen LogP contribution is 2.39. The fourth-order valence-electron chi connectivity index (χ4n) is 3.75. The number of carbonyl (C=O) groups is 1. The van der Waals surface area contributed by atoms with E-state index < -0.39 is 16.8 Å². The predicted octanol–water partition coefficient (Wildman–Crippen LogP) is 2.53. The van der Waals surface area contributed by atoms with Crippen LogP contribution in [0.15, 0.2) is 30.6 Å². The molecule has 0 bridgehead atoms. The molecule has 1 amide bonds. The highest BCUT2D eigenvalue weighted by Gasteiger charge is 2.32. The van der Waals surface area contributed by atoms with Gasteiger partial charge in [0.2, 0.25) is 0 Å². The number of aromatic nitrogens is 3. The second-order valence-electron chi connectivity index (χ2n) is 6.79. The van der Waals surface area contributed by atoms with E-state index in [2.05, 4.69) is 15.3 Å². The van der Waals surface area contributed by atoms with Crippen LogP contribution in [-0.2, 0) is 7.05 Å². The van der Waals surface area contributed by atoms with E-state index in [-0.39, 0.29) is 23.8 Å². The summed E-state index contributed by atoms with van der Waals surface area (Å²) in [7, 11) is 1.71. The van der Waals surface area contributed by atoms with E-state index in [1.807, 2.05) is 0 Å². The summed E-state index contributed by atoms with van der Waals surface area (Å²) in [4.78, 5) is 32.1. The third-order valence-electron chi connectivity index (χ3n) is 5.05. The summed E-state index contributed by atoms with van der Waals surface area (Å²) in [6.45, 7) is 0.711. The van der Waals surface area contributed by atoms with Crippen molar-refractivity contribution in [1.82, 2.24) is 19.9 Å². The maximum absolute atomic E-state index is 14.3. The highest BCUT2D eigenvalue weighted by molar-refractivity contribution is 5.96. The first-order valence-corrected chi connectivity index (χ1v) is 8.85. The summed E-state index contributed by atoms with van der Waals surface area (Å²) >= 11 is 0. The molecule has 11 heteroatoms. The maximum atomic E-state index is 14.3. The quantitative estimate of drug-likeness (QED) is 0.509. The lowest BCUT2D eigenvalue weighted by molar-refractivity contribution is -0.384. The fraction of sp³-hybridized carbons (Fsp3) is 0.278. The molecule has 2 N–H and O–H groups in total. The highest BCUT2D eigenvalue weighted by atomic mass is 19.1. The third kappa shape index (κ3) is 3.20. The Bertz CT molecular complexity index is 1130. The van der Waals surface area contributed by atoms with E-state index in [9.17, 15) is 19.3 Å². The molecule has 3 aromatic rings. The van der Waals surface area contributed by atoms with E-state index in [1.165, 1.54) is 18.3 Å². The zero-order valence-corrected chi connectivity index (χ0v) is 15.4. The van der Waals surface area contributed by atoms with E-state index in [0.29, 0.717) is 35.5 Å². The minimum Gasteiger partial charge on any atom is -0.465 e. The predicted molar refractivity (Wildman–Crippen MR) is 102 cm³/mol. The first-order chi connectivity index (χ1) is 13.9. The number of hydrogen-bond acceptors (Lipinski definition) is 6. The summed E-state index contributed by atoms with van der Waals surface area (Å²) in [5.41, 5.74) is 1.38. The number of anilines is 1. The molecule has 0 aliphatic carbocycles. The van der Waals surface area contributed by atoms with Crippen molar-refractivity contribution in [2.75, 3.05) is 18.0 Å². The van der Waals surface area contributed by atoms with Crippen LogP contribution in [-0.4, -0.2) is 49.8 Å². The molecule has 10 nitrogen and oxygen atoms in total. The number of hydrogen-bond donors (Lipinski definition) is 2. The molecule has 0 radical (unpaired) electrons. The van der Waals surface area contributed by atoms with Crippen LogP contribution in [0.3, 0.4) is 0 Å². The van der Waals surface area contributed by atoms with Crippen LogP contribution in [0.1, 0.15) is 6.42 Å². The Hall–Kier alpha value is -3.76. The first kappa shape index (κ1) is 18.6. The Morgan fingerprint density at radius 3 is 2.90 bits per heavy atom. The Labute approximate surface area is 163 Å². The summed E-state index contributed by atoms with van der Waals surface area (Å²) in [6.07, 6.45) is 1.90. The zero-order valence-electron chi connectivity index (χ0n) is 15.4. The summed E-state index contributed by atoms with van der Waals surface area (Å²) < 4.78 is 15.9. The third-order valence-corrected chi connectivity index (χ3v) is 5.05. The van der Waals surface area contributed by atoms with Gasteiger partial charge in [-0.3, -0.25) is 15.1 Å². The number of nitrogens with zero attached hydrogens (tertiary/aromatic N) is 5. The number of imidazole rings is 1. The standard InChI is InChI=1S/C18H17FN6O4/c1-23-13-2-3-14(25(28)29)16(24-7-5-10(9-24)21-18(26)27)15(13)22-17(23)11-4-6-20-8-12(11)19/h2-4,6,8,10,21H,5,7,9H2,1H3,(H,26,27)/t10-/m0/s1. The SMILES string of the molecule is Cn1c(-c2ccncc2F)nc2c(N3CC[C@H](NC(=O)O)C3)c([N+](=O)[O-])ccc21. The van der Waals surface area contributed by atoms with E-state index in [4.69, 9.17) is 5.11 Å². The lowest BCUT2D eigenvalue weighted by Crippen LogP contribution is -2.36. The van der Waals surface area contributed by atoms with Gasteiger partial charge in [0.05, 0.1) is 28.2 Å². The number of halogens is 1. The Kier molecular flexibility index (Phi) is 4.49. The molecule has 3 heterocycles. The summed E-state index contributed by atoms with van der Waals surface area (Å²) in [5.74, 6) is -0.227. The van der Waals surface area contributed by atoms with Crippen molar-refractivity contribution in [2.24, 2.45) is 7.05 Å². The number of nitrogens with one attached hydrogen (secondary N) is 1. The van der Waals surface area contributed by atoms with Crippen LogP contribution in [0, 0.1) is 15.9 Å². The van der Waals surface area contributed by atoms with Crippen LogP contribution in [0.4, 0.5) is 20.6 Å². The molecule has 1 saturated heterocycles. The van der Waals surface area contributed by atoms with Crippen molar-refractivity contribution < 1.29 is 19.2 Å². The van der Waals surface area contributed by atoms with Gasteiger partial charge in [0.15, 0.2) is 5.82 Å². The largest absolute Gasteiger partial charge is 0.465 e. The molecular weight excluding hydrogens is 383 g/mol. The van der Waals surface area contributed by atoms with Gasteiger partial charge in [-0.2, -0.15) is 0 Å². The Balaban J connectivity index is 1.87. The van der Waals surface area contributed by atoms with E-state index in [0.717, 1.165) is 6.20 Å². The van der Waals surface area contributed by atoms with Crippen molar-refractivity contribution >= 4 is 28.5 Å². The molecule has 29 heavy (non-hydrogen) atoms. The normalized spacial score (nSPS) is 16.3. The molecule has 0 spiro atoms. The van der Waals surface area contributed by atoms with Crippen LogP contribution < -0.4 is 10.2 Å². The first-order valence-electron chi connectivity index (χ1n) is 8.85. The van der Waals surface area contributed by atoms with Gasteiger partial charge < -0.3 is 19.9 Å². The van der Waals surface area contributed by atoms with Gasteiger partial charge in [0.1, 0.15) is 17.0 Å². The van der Waals surface area contributed by atoms with Gasteiger partial charge in [0, 0.05) is 32.4 Å². The molecule has 4 rings (SSSR count). The summed E-state index contributed by atoms with van der Waals surface area (Å²) in [5, 5.41) is 23.0. The van der Waals surface area contributed by atoms with Crippen molar-refractivity contribution in [1.29, 1.82) is 0 Å². The zero-order chi connectivity index (χ0) is 20.7. The van der Waals surface area contributed by atoms with Crippen molar-refractivity contribution in [3.8, 4) is 11.4 Å². The molecule has 1 atom stereocenters. The average molecular weight is 400 g/mol. The number of pyridine rings is 1. The van der Waals surface area contributed by atoms with Gasteiger partial charge >= 0.3 is 6.09 Å². The van der Waals surface area contributed by atoms with Gasteiger partial charge in [0.25, 0.3) is 5.69 Å². The van der Waals surface area contributed by atoms with Gasteiger partial charge in [-0.05, 0) is 18.6 Å². The number of fused-ring (bicyclic) bond motifs is 1. The van der Waals surface area contributed by atoms with Crippen LogP contribution in [0.5, 0.6) is 0 Å². The smallest absolute Gasteiger partial charge is 0.404 e. The topological polar surface area (TPSA) is 126 Å². The van der Waals surface area contributed by atoms with Gasteiger partial charge in [-0.25, -0.2) is 14.2 Å². The lowest BCUT2D eigenvalue weighted by atomic mass is 10.2. The number of nitro benzene ring substituents is 1. The second kappa shape index (κ2) is 7.00. The van der Waals surface area contributed by atoms with Crippen LogP contribution in [0.2, 0.25) is 0 Å². The number of amides is 1. The van der Waals surface area contributed by atoms with Crippen LogP contribution in [0.25, 0.3) is 22.4 Å². The molecule has 1 aliphatic rings. The monoisotopic (exact) mass is 400 g/mol. The number of carboxylic acid groups (broad SMARTS) is 1. The molecule has 2 aromatic heterocycles. The van der Waals surface area contributed by atoms with Crippen molar-refractivity contribution in [3.63, 3.8) is 0 Å². The number of aryl methyl sites for hydroxylation is 1. The van der Waals surface area contributed by atoms with Gasteiger partial charge in [-0.15, -0.1) is 0 Å². The molecule has 150 valence electrons. The molecule has 1 aliphatic heterocycles. The fourth-order valence-corrected chi connectivity index (χ4v) is 3.75. The summed E-state index contributed by atoms with van der Waals surface area (Å²) in [6, 6.07) is 4.12. The van der Waals surface area contributed by atoms with E-state index in [1.54, 1.807) is 22.6 Å². The lowest BCUT2D eigenvalue weighted by Gasteiger charge is -2.19. The van der Waals surface area contributed by atoms with Crippen LogP contribution >= 0.6 is 0 Å². The molecule has 1 aromatic carbocycles. The molecular formula is C18H17FN6O4. The van der Waals surface area contributed by atoms with Crippen molar-refractivity contribution in [3.05, 3.63) is 46.5 Å².